The summed E-state index contributed by atoms with van der Waals surface area (Å²) in [7, 11) is 5.55. The highest BCUT2D eigenvalue weighted by molar-refractivity contribution is 7.22. The second-order valence-electron chi connectivity index (χ2n) is 2.52. The third-order valence-electron chi connectivity index (χ3n) is 1.74. The third kappa shape index (κ3) is 1.08. The normalized spacial score (nSPS) is 10.7. The molecular formula is C8H7BN2S. The zero-order valence-corrected chi connectivity index (χ0v) is 7.27. The largest absolute Gasteiger partial charge is 0.375 e. The van der Waals surface area contributed by atoms with E-state index in [1.54, 1.807) is 0 Å². The van der Waals surface area contributed by atoms with E-state index in [1.807, 2.05) is 18.2 Å². The highest BCUT2D eigenvalue weighted by atomic mass is 32.1. The molecule has 2 rings (SSSR count). The van der Waals surface area contributed by atoms with Crippen molar-refractivity contribution in [1.82, 2.24) is 4.98 Å². The first-order valence-corrected chi connectivity index (χ1v) is 4.47. The topological polar surface area (TPSA) is 38.9 Å². The molecule has 0 bridgehead atoms. The van der Waals surface area contributed by atoms with E-state index < -0.39 is 0 Å². The number of rotatable bonds is 1. The quantitative estimate of drug-likeness (QED) is 0.666. The summed E-state index contributed by atoms with van der Waals surface area (Å²) in [5.74, 6) is 0. The van der Waals surface area contributed by atoms with Crippen LogP contribution in [0.15, 0.2) is 18.2 Å². The van der Waals surface area contributed by atoms with Crippen LogP contribution < -0.4 is 5.73 Å². The molecule has 4 heteroatoms. The molecule has 58 valence electrons. The molecule has 0 saturated heterocycles. The number of nitrogens with zero attached hydrogens (tertiary/aromatic N) is 1. The summed E-state index contributed by atoms with van der Waals surface area (Å²) in [6, 6.07) is 5.95. The van der Waals surface area contributed by atoms with Crippen molar-refractivity contribution in [3.8, 4) is 0 Å². The highest BCUT2D eigenvalue weighted by Gasteiger charge is 2.03. The molecule has 2 N–H and O–H groups in total. The summed E-state index contributed by atoms with van der Waals surface area (Å²) in [4.78, 5) is 4.20. The first kappa shape index (κ1) is 7.62. The van der Waals surface area contributed by atoms with Crippen LogP contribution in [0.5, 0.6) is 0 Å². The number of anilines is 1. The molecule has 2 radical (unpaired) electrons. The summed E-state index contributed by atoms with van der Waals surface area (Å²) in [6.07, 6.45) is 0.514. The Bertz CT molecular complexity index is 410. The van der Waals surface area contributed by atoms with Crippen molar-refractivity contribution < 1.29 is 0 Å². The van der Waals surface area contributed by atoms with Gasteiger partial charge in [-0.25, -0.2) is 4.98 Å². The van der Waals surface area contributed by atoms with E-state index in [4.69, 9.17) is 13.6 Å². The van der Waals surface area contributed by atoms with Gasteiger partial charge in [0, 0.05) is 0 Å². The van der Waals surface area contributed by atoms with E-state index in [9.17, 15) is 0 Å². The van der Waals surface area contributed by atoms with Gasteiger partial charge in [-0.1, -0.05) is 29.8 Å². The van der Waals surface area contributed by atoms with Crippen LogP contribution in [0.2, 0.25) is 0 Å². The fraction of sp³-hybridized carbons (Fsp3) is 0.125. The van der Waals surface area contributed by atoms with E-state index in [2.05, 4.69) is 4.98 Å². The van der Waals surface area contributed by atoms with Crippen molar-refractivity contribution in [2.75, 3.05) is 5.73 Å². The van der Waals surface area contributed by atoms with Crippen LogP contribution in [-0.2, 0) is 6.32 Å². The maximum atomic E-state index is 5.58. The zero-order chi connectivity index (χ0) is 8.55. The first-order chi connectivity index (χ1) is 5.81. The number of nitrogen functional groups attached to an aromatic ring is 1. The van der Waals surface area contributed by atoms with E-state index in [-0.39, 0.29) is 0 Å². The van der Waals surface area contributed by atoms with E-state index >= 15 is 0 Å². The van der Waals surface area contributed by atoms with Crippen LogP contribution in [0.3, 0.4) is 0 Å². The fourth-order valence-electron chi connectivity index (χ4n) is 1.19. The van der Waals surface area contributed by atoms with Crippen LogP contribution >= 0.6 is 11.3 Å². The molecule has 2 aromatic rings. The van der Waals surface area contributed by atoms with Crippen molar-refractivity contribution in [2.45, 2.75) is 6.32 Å². The lowest BCUT2D eigenvalue weighted by Crippen LogP contribution is -1.86. The summed E-state index contributed by atoms with van der Waals surface area (Å²) in [5, 5.41) is 0.603. The molecule has 0 amide bonds. The molecule has 0 fully saturated rings. The van der Waals surface area contributed by atoms with Gasteiger partial charge in [0.2, 0.25) is 0 Å². The molecule has 12 heavy (non-hydrogen) atoms. The molecule has 0 atom stereocenters. The molecule has 0 aliphatic heterocycles. The first-order valence-electron chi connectivity index (χ1n) is 3.65. The Kier molecular flexibility index (Phi) is 1.77. The average molecular weight is 174 g/mol. The van der Waals surface area contributed by atoms with Crippen molar-refractivity contribution in [1.29, 1.82) is 0 Å². The summed E-state index contributed by atoms with van der Waals surface area (Å²) < 4.78 is 1.11. The maximum Gasteiger partial charge on any atom is 0.181 e. The Morgan fingerprint density at radius 1 is 1.50 bits per heavy atom. The number of fused-ring (bicyclic) bond motifs is 1. The van der Waals surface area contributed by atoms with Gasteiger partial charge in [0.1, 0.15) is 0 Å². The minimum Gasteiger partial charge on any atom is -0.375 e. The lowest BCUT2D eigenvalue weighted by Gasteiger charge is -1.95. The van der Waals surface area contributed by atoms with Gasteiger partial charge in [0.15, 0.2) is 5.13 Å². The van der Waals surface area contributed by atoms with E-state index in [0.29, 0.717) is 11.5 Å². The molecule has 0 spiro atoms. The molecule has 1 heterocycles. The SMILES string of the molecule is [B]Cc1cccc2sc(N)nc12. The standard InChI is InChI=1S/C8H7BN2S/c9-4-5-2-1-3-6-7(5)11-8(10)12-6/h1-3H,4H2,(H2,10,11). The number of para-hydroxylation sites is 1. The van der Waals surface area contributed by atoms with Crippen LogP contribution in [0, 0.1) is 0 Å². The minimum atomic E-state index is 0.514. The van der Waals surface area contributed by atoms with E-state index in [1.165, 1.54) is 11.3 Å². The predicted molar refractivity (Wildman–Crippen MR) is 53.5 cm³/mol. The molecule has 1 aromatic heterocycles. The lowest BCUT2D eigenvalue weighted by atomic mass is 9.96. The van der Waals surface area contributed by atoms with Crippen molar-refractivity contribution in [2.24, 2.45) is 0 Å². The Balaban J connectivity index is 2.78. The Morgan fingerprint density at radius 2 is 2.33 bits per heavy atom. The number of hydrogen-bond donors (Lipinski definition) is 1. The smallest absolute Gasteiger partial charge is 0.181 e. The average Bonchev–Trinajstić information content (AvgIpc) is 2.44. The molecule has 2 nitrogen and oxygen atoms in total. The van der Waals surface area contributed by atoms with Crippen LogP contribution in [0.25, 0.3) is 10.2 Å². The number of thiazole rings is 1. The molecule has 0 aliphatic carbocycles. The van der Waals surface area contributed by atoms with Crippen molar-refractivity contribution in [3.05, 3.63) is 23.8 Å². The summed E-state index contributed by atoms with van der Waals surface area (Å²) in [5.41, 5.74) is 7.58. The van der Waals surface area contributed by atoms with Crippen molar-refractivity contribution in [3.63, 3.8) is 0 Å². The Morgan fingerprint density at radius 3 is 3.08 bits per heavy atom. The van der Waals surface area contributed by atoms with Crippen LogP contribution in [0.1, 0.15) is 5.56 Å². The van der Waals surface area contributed by atoms with Gasteiger partial charge in [0.05, 0.1) is 18.1 Å². The maximum absolute atomic E-state index is 5.58. The Labute approximate surface area is 75.8 Å². The minimum absolute atomic E-state index is 0.514. The fourth-order valence-corrected chi connectivity index (χ4v) is 1.97. The summed E-state index contributed by atoms with van der Waals surface area (Å²) in [6.45, 7) is 0. The Hall–Kier alpha value is -1.03. The van der Waals surface area contributed by atoms with E-state index in [0.717, 1.165) is 15.8 Å². The number of aromatic nitrogens is 1. The van der Waals surface area contributed by atoms with Gasteiger partial charge in [-0.3, -0.25) is 0 Å². The molecule has 0 aliphatic rings. The third-order valence-corrected chi connectivity index (χ3v) is 2.59. The molecule has 1 aromatic carbocycles. The monoisotopic (exact) mass is 174 g/mol. The highest BCUT2D eigenvalue weighted by Crippen LogP contribution is 2.25. The van der Waals surface area contributed by atoms with Crippen LogP contribution in [-0.4, -0.2) is 12.8 Å². The lowest BCUT2D eigenvalue weighted by molar-refractivity contribution is 1.39. The molecule has 0 unspecified atom stereocenters. The van der Waals surface area contributed by atoms with Gasteiger partial charge in [-0.2, -0.15) is 0 Å². The number of hydrogen-bond acceptors (Lipinski definition) is 3. The van der Waals surface area contributed by atoms with Gasteiger partial charge in [0.25, 0.3) is 0 Å². The van der Waals surface area contributed by atoms with Gasteiger partial charge in [-0.05, 0) is 11.6 Å². The second kappa shape index (κ2) is 2.79. The van der Waals surface area contributed by atoms with Crippen molar-refractivity contribution >= 4 is 34.5 Å². The molecule has 0 saturated carbocycles. The zero-order valence-electron chi connectivity index (χ0n) is 6.45. The predicted octanol–water partition coefficient (Wildman–Crippen LogP) is 1.55. The van der Waals surface area contributed by atoms with Gasteiger partial charge in [-0.15, -0.1) is 0 Å². The number of benzene rings is 1. The van der Waals surface area contributed by atoms with Crippen LogP contribution in [0.4, 0.5) is 5.13 Å². The summed E-state index contributed by atoms with van der Waals surface area (Å²) >= 11 is 1.49. The number of nitrogens with two attached hydrogens (primary N) is 1. The van der Waals surface area contributed by atoms with Gasteiger partial charge >= 0.3 is 0 Å². The van der Waals surface area contributed by atoms with Gasteiger partial charge < -0.3 is 5.73 Å². The molecular weight excluding hydrogens is 167 g/mol. The second-order valence-corrected chi connectivity index (χ2v) is 3.58.